The summed E-state index contributed by atoms with van der Waals surface area (Å²) < 4.78 is 0. The van der Waals surface area contributed by atoms with Gasteiger partial charge in [-0.25, -0.2) is 0 Å². The summed E-state index contributed by atoms with van der Waals surface area (Å²) in [5, 5.41) is 20.2. The average molecular weight is 307 g/mol. The van der Waals surface area contributed by atoms with Crippen molar-refractivity contribution in [1.82, 2.24) is 0 Å². The van der Waals surface area contributed by atoms with Gasteiger partial charge in [0.05, 0.1) is 5.02 Å². The second-order valence-electron chi connectivity index (χ2n) is 6.22. The van der Waals surface area contributed by atoms with Crippen LogP contribution in [0.1, 0.15) is 51.5 Å². The van der Waals surface area contributed by atoms with E-state index in [0.717, 1.165) is 24.8 Å². The first kappa shape index (κ1) is 16.0. The molecule has 0 bridgehead atoms. The van der Waals surface area contributed by atoms with E-state index in [9.17, 15) is 10.2 Å². The molecule has 114 valence electrons. The Kier molecular flexibility index (Phi) is 5.00. The van der Waals surface area contributed by atoms with Gasteiger partial charge in [-0.2, -0.15) is 0 Å². The fourth-order valence-corrected chi connectivity index (χ4v) is 3.34. The summed E-state index contributed by atoms with van der Waals surface area (Å²) in [4.78, 5) is 0. The van der Waals surface area contributed by atoms with E-state index in [4.69, 9.17) is 11.6 Å². The minimum absolute atomic E-state index is 0.00129. The highest BCUT2D eigenvalue weighted by molar-refractivity contribution is 6.31. The molecule has 1 aliphatic carbocycles. The first-order valence-corrected chi connectivity index (χ1v) is 7.78. The van der Waals surface area contributed by atoms with Crippen molar-refractivity contribution in [3.05, 3.63) is 46.0 Å². The normalized spacial score (nSPS) is 21.8. The number of hydrogen-bond donors (Lipinski definition) is 2. The molecule has 1 aliphatic rings. The van der Waals surface area contributed by atoms with E-state index < -0.39 is 0 Å². The van der Waals surface area contributed by atoms with E-state index in [0.29, 0.717) is 10.9 Å². The molecule has 3 heteroatoms. The summed E-state index contributed by atoms with van der Waals surface area (Å²) in [5.41, 5.74) is 3.37. The van der Waals surface area contributed by atoms with Crippen LogP contribution in [0, 0.1) is 5.92 Å². The van der Waals surface area contributed by atoms with Crippen LogP contribution in [-0.4, -0.2) is 10.2 Å². The zero-order valence-corrected chi connectivity index (χ0v) is 13.6. The number of allylic oxidation sites excluding steroid dienone is 4. The van der Waals surface area contributed by atoms with Gasteiger partial charge in [0.15, 0.2) is 0 Å². The van der Waals surface area contributed by atoms with Crippen LogP contribution in [0.25, 0.3) is 0 Å². The van der Waals surface area contributed by atoms with E-state index in [1.54, 1.807) is 0 Å². The van der Waals surface area contributed by atoms with Gasteiger partial charge in [-0.15, -0.1) is 0 Å². The first-order valence-electron chi connectivity index (χ1n) is 7.40. The quantitative estimate of drug-likeness (QED) is 0.719. The lowest BCUT2D eigenvalue weighted by Gasteiger charge is -2.30. The molecular weight excluding hydrogens is 284 g/mol. The predicted octanol–water partition coefficient (Wildman–Crippen LogP) is 5.55. The van der Waals surface area contributed by atoms with E-state index in [1.165, 1.54) is 23.3 Å². The Hall–Kier alpha value is -1.41. The SMILES string of the molecule is CC(C)=CCC1CCC(C)=CC1c1c(O)cc(O)cc1Cl. The molecule has 0 amide bonds. The van der Waals surface area contributed by atoms with Gasteiger partial charge in [-0.3, -0.25) is 0 Å². The molecule has 2 rings (SSSR count). The number of phenolic OH excluding ortho intramolecular Hbond substituents is 2. The van der Waals surface area contributed by atoms with Crippen molar-refractivity contribution in [1.29, 1.82) is 0 Å². The molecule has 0 radical (unpaired) electrons. The molecule has 0 heterocycles. The first-order chi connectivity index (χ1) is 9.88. The highest BCUT2D eigenvalue weighted by Gasteiger charge is 2.28. The molecule has 0 saturated heterocycles. The van der Waals surface area contributed by atoms with Gasteiger partial charge >= 0.3 is 0 Å². The van der Waals surface area contributed by atoms with Crippen LogP contribution in [0.15, 0.2) is 35.4 Å². The Bertz CT molecular complexity index is 560. The number of halogens is 1. The summed E-state index contributed by atoms with van der Waals surface area (Å²) in [5.74, 6) is 0.607. The maximum atomic E-state index is 10.2. The van der Waals surface area contributed by atoms with Gasteiger partial charge in [0.2, 0.25) is 0 Å². The van der Waals surface area contributed by atoms with Crippen molar-refractivity contribution in [3.8, 4) is 11.5 Å². The molecule has 0 aliphatic heterocycles. The van der Waals surface area contributed by atoms with Crippen LogP contribution in [-0.2, 0) is 0 Å². The molecule has 2 nitrogen and oxygen atoms in total. The minimum atomic E-state index is -0.00129. The lowest BCUT2D eigenvalue weighted by Crippen LogP contribution is -2.16. The zero-order chi connectivity index (χ0) is 15.6. The van der Waals surface area contributed by atoms with Gasteiger partial charge in [-0.05, 0) is 52.0 Å². The summed E-state index contributed by atoms with van der Waals surface area (Å²) in [6, 6.07) is 2.88. The van der Waals surface area contributed by atoms with Crippen molar-refractivity contribution in [3.63, 3.8) is 0 Å². The minimum Gasteiger partial charge on any atom is -0.508 e. The fourth-order valence-electron chi connectivity index (χ4n) is 3.01. The molecule has 1 aromatic carbocycles. The molecule has 2 unspecified atom stereocenters. The van der Waals surface area contributed by atoms with E-state index in [-0.39, 0.29) is 17.4 Å². The Morgan fingerprint density at radius 2 is 2.05 bits per heavy atom. The van der Waals surface area contributed by atoms with Crippen LogP contribution in [0.2, 0.25) is 5.02 Å². The van der Waals surface area contributed by atoms with E-state index in [1.807, 2.05) is 0 Å². The fraction of sp³-hybridized carbons (Fsp3) is 0.444. The lowest BCUT2D eigenvalue weighted by molar-refractivity contribution is 0.399. The standard InChI is InChI=1S/C18H23ClO2/c1-11(2)4-6-13-7-5-12(3)8-15(13)18-16(19)9-14(20)10-17(18)21/h4,8-10,13,15,20-21H,5-7H2,1-3H3. The van der Waals surface area contributed by atoms with Gasteiger partial charge in [0.25, 0.3) is 0 Å². The third kappa shape index (κ3) is 3.82. The topological polar surface area (TPSA) is 40.5 Å². The summed E-state index contributed by atoms with van der Waals surface area (Å²) in [6.45, 7) is 6.32. The van der Waals surface area contributed by atoms with Crippen molar-refractivity contribution in [2.45, 2.75) is 46.0 Å². The van der Waals surface area contributed by atoms with Crippen LogP contribution in [0.3, 0.4) is 0 Å². The average Bonchev–Trinajstić information content (AvgIpc) is 2.36. The van der Waals surface area contributed by atoms with E-state index >= 15 is 0 Å². The van der Waals surface area contributed by atoms with Gasteiger partial charge in [-0.1, -0.05) is 34.9 Å². The van der Waals surface area contributed by atoms with Gasteiger partial charge < -0.3 is 10.2 Å². The van der Waals surface area contributed by atoms with Crippen LogP contribution >= 0.6 is 11.6 Å². The van der Waals surface area contributed by atoms with Gasteiger partial charge in [0.1, 0.15) is 11.5 Å². The number of benzene rings is 1. The largest absolute Gasteiger partial charge is 0.508 e. The summed E-state index contributed by atoms with van der Waals surface area (Å²) in [7, 11) is 0. The van der Waals surface area contributed by atoms with E-state index in [2.05, 4.69) is 32.9 Å². The lowest BCUT2D eigenvalue weighted by atomic mass is 9.75. The highest BCUT2D eigenvalue weighted by Crippen LogP contribution is 2.45. The van der Waals surface area contributed by atoms with Crippen LogP contribution < -0.4 is 0 Å². The molecular formula is C18H23ClO2. The summed E-state index contributed by atoms with van der Waals surface area (Å²) >= 11 is 6.28. The van der Waals surface area contributed by atoms with Crippen LogP contribution in [0.5, 0.6) is 11.5 Å². The smallest absolute Gasteiger partial charge is 0.124 e. The zero-order valence-electron chi connectivity index (χ0n) is 12.9. The second-order valence-corrected chi connectivity index (χ2v) is 6.62. The molecule has 0 fully saturated rings. The van der Waals surface area contributed by atoms with Crippen LogP contribution in [0.4, 0.5) is 0 Å². The number of rotatable bonds is 3. The third-order valence-electron chi connectivity index (χ3n) is 4.14. The summed E-state index contributed by atoms with van der Waals surface area (Å²) in [6.07, 6.45) is 7.62. The van der Waals surface area contributed by atoms with Crippen molar-refractivity contribution in [2.24, 2.45) is 5.92 Å². The molecule has 0 saturated carbocycles. The van der Waals surface area contributed by atoms with Crippen molar-refractivity contribution >= 4 is 11.6 Å². The highest BCUT2D eigenvalue weighted by atomic mass is 35.5. The maximum Gasteiger partial charge on any atom is 0.124 e. The molecule has 1 aromatic rings. The molecule has 21 heavy (non-hydrogen) atoms. The number of phenols is 2. The molecule has 0 spiro atoms. The Labute approximate surface area is 131 Å². The monoisotopic (exact) mass is 306 g/mol. The molecule has 2 atom stereocenters. The van der Waals surface area contributed by atoms with Crippen molar-refractivity contribution in [2.75, 3.05) is 0 Å². The Morgan fingerprint density at radius 3 is 2.67 bits per heavy atom. The Balaban J connectivity index is 2.41. The van der Waals surface area contributed by atoms with Crippen molar-refractivity contribution < 1.29 is 10.2 Å². The third-order valence-corrected chi connectivity index (χ3v) is 4.45. The molecule has 0 aromatic heterocycles. The maximum absolute atomic E-state index is 10.2. The second kappa shape index (κ2) is 6.57. The van der Waals surface area contributed by atoms with Gasteiger partial charge in [0, 0.05) is 17.5 Å². The predicted molar refractivity (Wildman–Crippen MR) is 88.1 cm³/mol. The molecule has 2 N–H and O–H groups in total. The Morgan fingerprint density at radius 1 is 1.33 bits per heavy atom. The number of hydrogen-bond acceptors (Lipinski definition) is 2. The number of aromatic hydroxyl groups is 2.